The van der Waals surface area contributed by atoms with Gasteiger partial charge in [0.05, 0.1) is 18.0 Å². The number of aryl methyl sites for hydroxylation is 2. The minimum Gasteiger partial charge on any atom is -0.490 e. The third kappa shape index (κ3) is 5.93. The second-order valence-corrected chi connectivity index (χ2v) is 10.9. The Hall–Kier alpha value is -5.69. The van der Waals surface area contributed by atoms with Crippen molar-refractivity contribution in [2.45, 2.75) is 27.4 Å². The van der Waals surface area contributed by atoms with Crippen LogP contribution >= 0.6 is 0 Å². The molecule has 5 aromatic carbocycles. The standard InChI is InChI=1S/C38H32N2O5/c1-4-44-35-23-28(19-20-34(35)45-24-27-17-15-25(2)16-18-27)22-32-36(41)39(30-12-7-9-26(3)21-30)38(43)40(37(32)42)33-14-8-11-29-10-5-6-13-31(29)33/h5-23H,4,24H2,1-3H3/b32-22+. The Morgan fingerprint density at radius 1 is 0.667 bits per heavy atom. The van der Waals surface area contributed by atoms with Crippen LogP contribution in [0.4, 0.5) is 16.2 Å². The summed E-state index contributed by atoms with van der Waals surface area (Å²) in [6.45, 7) is 6.53. The molecule has 0 aromatic heterocycles. The predicted molar refractivity (Wildman–Crippen MR) is 177 cm³/mol. The van der Waals surface area contributed by atoms with E-state index in [1.54, 1.807) is 48.5 Å². The highest BCUT2D eigenvalue weighted by Crippen LogP contribution is 2.35. The van der Waals surface area contributed by atoms with Crippen LogP contribution < -0.4 is 19.3 Å². The van der Waals surface area contributed by atoms with Gasteiger partial charge in [0, 0.05) is 5.39 Å². The molecule has 0 radical (unpaired) electrons. The van der Waals surface area contributed by atoms with Gasteiger partial charge in [-0.05, 0) is 79.3 Å². The van der Waals surface area contributed by atoms with Crippen LogP contribution in [0.15, 0.2) is 115 Å². The number of imide groups is 2. The maximum absolute atomic E-state index is 14.1. The van der Waals surface area contributed by atoms with Crippen molar-refractivity contribution in [1.82, 2.24) is 0 Å². The lowest BCUT2D eigenvalue weighted by molar-refractivity contribution is -0.121. The van der Waals surface area contributed by atoms with E-state index in [1.165, 1.54) is 11.6 Å². The number of anilines is 2. The van der Waals surface area contributed by atoms with E-state index in [0.29, 0.717) is 47.0 Å². The predicted octanol–water partition coefficient (Wildman–Crippen LogP) is 8.02. The smallest absolute Gasteiger partial charge is 0.343 e. The highest BCUT2D eigenvalue weighted by molar-refractivity contribution is 6.46. The highest BCUT2D eigenvalue weighted by Gasteiger charge is 2.44. The molecule has 45 heavy (non-hydrogen) atoms. The normalized spacial score (nSPS) is 14.4. The van der Waals surface area contributed by atoms with Crippen molar-refractivity contribution in [3.8, 4) is 11.5 Å². The third-order valence-electron chi connectivity index (χ3n) is 7.61. The quantitative estimate of drug-likeness (QED) is 0.134. The van der Waals surface area contributed by atoms with Gasteiger partial charge in [-0.2, -0.15) is 0 Å². The minimum absolute atomic E-state index is 0.153. The fraction of sp³-hybridized carbons (Fsp3) is 0.132. The lowest BCUT2D eigenvalue weighted by Crippen LogP contribution is -2.57. The maximum Gasteiger partial charge on any atom is 0.343 e. The fourth-order valence-corrected chi connectivity index (χ4v) is 5.35. The maximum atomic E-state index is 14.1. The molecule has 0 saturated carbocycles. The largest absolute Gasteiger partial charge is 0.490 e. The molecule has 1 fully saturated rings. The first-order chi connectivity index (χ1) is 21.8. The van der Waals surface area contributed by atoms with Gasteiger partial charge in [0.2, 0.25) is 0 Å². The van der Waals surface area contributed by atoms with Crippen LogP contribution in [-0.2, 0) is 16.2 Å². The van der Waals surface area contributed by atoms with Crippen LogP contribution in [0.25, 0.3) is 16.8 Å². The molecule has 6 rings (SSSR count). The van der Waals surface area contributed by atoms with Gasteiger partial charge in [0.25, 0.3) is 11.8 Å². The number of rotatable bonds is 8. The SMILES string of the molecule is CCOc1cc(/C=C2\C(=O)N(c3cccc(C)c3)C(=O)N(c3cccc4ccccc34)C2=O)ccc1OCc1ccc(C)cc1. The van der Waals surface area contributed by atoms with Gasteiger partial charge in [-0.25, -0.2) is 14.6 Å². The second-order valence-electron chi connectivity index (χ2n) is 10.9. The van der Waals surface area contributed by atoms with Gasteiger partial charge in [-0.3, -0.25) is 9.59 Å². The summed E-state index contributed by atoms with van der Waals surface area (Å²) in [5, 5.41) is 1.58. The first-order valence-corrected chi connectivity index (χ1v) is 14.8. The molecule has 4 amide bonds. The number of benzene rings is 5. The van der Waals surface area contributed by atoms with Crippen molar-refractivity contribution in [3.05, 3.63) is 137 Å². The number of nitrogens with zero attached hydrogens (tertiary/aromatic N) is 2. The first-order valence-electron chi connectivity index (χ1n) is 14.8. The van der Waals surface area contributed by atoms with E-state index in [2.05, 4.69) is 0 Å². The Kier molecular flexibility index (Phi) is 8.16. The first kappa shape index (κ1) is 29.4. The molecule has 7 heteroatoms. The van der Waals surface area contributed by atoms with E-state index in [-0.39, 0.29) is 5.57 Å². The molecular formula is C38H32N2O5. The summed E-state index contributed by atoms with van der Waals surface area (Å²) in [5.41, 5.74) is 4.23. The molecule has 0 aliphatic carbocycles. The molecule has 1 heterocycles. The molecule has 1 saturated heterocycles. The molecular weight excluding hydrogens is 564 g/mol. The van der Waals surface area contributed by atoms with Crippen LogP contribution in [0.1, 0.15) is 29.2 Å². The molecule has 7 nitrogen and oxygen atoms in total. The zero-order valence-electron chi connectivity index (χ0n) is 25.3. The summed E-state index contributed by atoms with van der Waals surface area (Å²) in [6.07, 6.45) is 1.50. The molecule has 0 atom stereocenters. The van der Waals surface area contributed by atoms with E-state index in [4.69, 9.17) is 9.47 Å². The number of urea groups is 1. The van der Waals surface area contributed by atoms with E-state index in [1.807, 2.05) is 81.4 Å². The summed E-state index contributed by atoms with van der Waals surface area (Å²) in [7, 11) is 0. The number of carbonyl (C=O) groups is 3. The Morgan fingerprint density at radius 2 is 1.40 bits per heavy atom. The average Bonchev–Trinajstić information content (AvgIpc) is 3.04. The molecule has 224 valence electrons. The molecule has 0 bridgehead atoms. The monoisotopic (exact) mass is 596 g/mol. The minimum atomic E-state index is -0.737. The topological polar surface area (TPSA) is 76.2 Å². The van der Waals surface area contributed by atoms with Crippen molar-refractivity contribution in [2.24, 2.45) is 0 Å². The van der Waals surface area contributed by atoms with Crippen LogP contribution in [0.2, 0.25) is 0 Å². The second kappa shape index (κ2) is 12.5. The molecule has 0 spiro atoms. The molecule has 1 aliphatic rings. The van der Waals surface area contributed by atoms with Gasteiger partial charge in [-0.15, -0.1) is 0 Å². The van der Waals surface area contributed by atoms with Crippen molar-refractivity contribution in [2.75, 3.05) is 16.4 Å². The fourth-order valence-electron chi connectivity index (χ4n) is 5.35. The van der Waals surface area contributed by atoms with Crippen molar-refractivity contribution >= 4 is 46.1 Å². The van der Waals surface area contributed by atoms with Crippen LogP contribution in [-0.4, -0.2) is 24.5 Å². The summed E-state index contributed by atoms with van der Waals surface area (Å²) in [4.78, 5) is 44.3. The zero-order valence-corrected chi connectivity index (χ0v) is 25.3. The molecule has 1 aliphatic heterocycles. The third-order valence-corrected chi connectivity index (χ3v) is 7.61. The lowest BCUT2D eigenvalue weighted by Gasteiger charge is -2.34. The van der Waals surface area contributed by atoms with Gasteiger partial charge < -0.3 is 9.47 Å². The van der Waals surface area contributed by atoms with Crippen molar-refractivity contribution in [1.29, 1.82) is 0 Å². The zero-order chi connectivity index (χ0) is 31.5. The summed E-state index contributed by atoms with van der Waals surface area (Å²) >= 11 is 0. The van der Waals surface area contributed by atoms with E-state index in [9.17, 15) is 14.4 Å². The summed E-state index contributed by atoms with van der Waals surface area (Å²) in [6, 6.07) is 32.6. The number of hydrogen-bond donors (Lipinski definition) is 0. The van der Waals surface area contributed by atoms with E-state index >= 15 is 0 Å². The molecule has 5 aromatic rings. The summed E-state index contributed by atoms with van der Waals surface area (Å²) in [5.74, 6) is -0.394. The van der Waals surface area contributed by atoms with E-state index < -0.39 is 17.8 Å². The number of barbiturate groups is 1. The van der Waals surface area contributed by atoms with Gasteiger partial charge in [0.1, 0.15) is 12.2 Å². The Labute approximate surface area is 261 Å². The summed E-state index contributed by atoms with van der Waals surface area (Å²) < 4.78 is 12.0. The number of amides is 4. The lowest BCUT2D eigenvalue weighted by atomic mass is 10.0. The van der Waals surface area contributed by atoms with Crippen LogP contribution in [0, 0.1) is 13.8 Å². The Balaban J connectivity index is 1.42. The Morgan fingerprint density at radius 3 is 2.18 bits per heavy atom. The number of fused-ring (bicyclic) bond motifs is 1. The van der Waals surface area contributed by atoms with Gasteiger partial charge >= 0.3 is 6.03 Å². The molecule has 0 N–H and O–H groups in total. The average molecular weight is 597 g/mol. The van der Waals surface area contributed by atoms with Gasteiger partial charge in [-0.1, -0.05) is 84.4 Å². The number of carbonyl (C=O) groups excluding carboxylic acids is 3. The van der Waals surface area contributed by atoms with Gasteiger partial charge in [0.15, 0.2) is 11.5 Å². The Bertz CT molecular complexity index is 1960. The van der Waals surface area contributed by atoms with Crippen LogP contribution in [0.3, 0.4) is 0 Å². The molecule has 0 unspecified atom stereocenters. The number of ether oxygens (including phenoxy) is 2. The van der Waals surface area contributed by atoms with Crippen molar-refractivity contribution in [3.63, 3.8) is 0 Å². The number of hydrogen-bond acceptors (Lipinski definition) is 5. The van der Waals surface area contributed by atoms with Crippen LogP contribution in [0.5, 0.6) is 11.5 Å². The van der Waals surface area contributed by atoms with Crippen molar-refractivity contribution < 1.29 is 23.9 Å². The highest BCUT2D eigenvalue weighted by atomic mass is 16.5. The van der Waals surface area contributed by atoms with E-state index in [0.717, 1.165) is 26.3 Å².